The van der Waals surface area contributed by atoms with Gasteiger partial charge in [0.1, 0.15) is 5.75 Å². The highest BCUT2D eigenvalue weighted by atomic mass is 16.5. The monoisotopic (exact) mass is 273 g/mol. The fourth-order valence-electron chi connectivity index (χ4n) is 2.17. The second-order valence-corrected chi connectivity index (χ2v) is 5.53. The summed E-state index contributed by atoms with van der Waals surface area (Å²) in [7, 11) is 1.72. The van der Waals surface area contributed by atoms with E-state index in [-0.39, 0.29) is 5.60 Å². The Balaban J connectivity index is 2.18. The maximum absolute atomic E-state index is 5.91. The minimum atomic E-state index is -0.167. The summed E-state index contributed by atoms with van der Waals surface area (Å²) in [6, 6.07) is 12.3. The van der Waals surface area contributed by atoms with E-state index in [4.69, 9.17) is 15.2 Å². The fourth-order valence-corrected chi connectivity index (χ4v) is 2.17. The van der Waals surface area contributed by atoms with E-state index in [2.05, 4.69) is 32.0 Å². The van der Waals surface area contributed by atoms with Crippen molar-refractivity contribution in [2.45, 2.75) is 32.4 Å². The fraction of sp³-hybridized carbons (Fsp3) is 0.412. The molecule has 0 fully saturated rings. The predicted molar refractivity (Wildman–Crippen MR) is 83.0 cm³/mol. The van der Waals surface area contributed by atoms with Crippen molar-refractivity contribution in [3.63, 3.8) is 0 Å². The van der Waals surface area contributed by atoms with Crippen LogP contribution in [0.25, 0.3) is 10.8 Å². The molecular formula is C17H23NO2. The van der Waals surface area contributed by atoms with E-state index >= 15 is 0 Å². The van der Waals surface area contributed by atoms with Crippen LogP contribution in [0.4, 0.5) is 0 Å². The lowest BCUT2D eigenvalue weighted by Gasteiger charge is -2.23. The first-order chi connectivity index (χ1) is 9.57. The van der Waals surface area contributed by atoms with E-state index in [0.29, 0.717) is 13.2 Å². The highest BCUT2D eigenvalue weighted by molar-refractivity contribution is 5.87. The van der Waals surface area contributed by atoms with Crippen molar-refractivity contribution in [1.82, 2.24) is 0 Å². The zero-order valence-corrected chi connectivity index (χ0v) is 12.5. The molecule has 3 heteroatoms. The van der Waals surface area contributed by atoms with E-state index < -0.39 is 0 Å². The van der Waals surface area contributed by atoms with Crippen molar-refractivity contribution in [2.24, 2.45) is 5.73 Å². The molecule has 0 aliphatic carbocycles. The van der Waals surface area contributed by atoms with E-state index in [0.717, 1.165) is 17.7 Å². The van der Waals surface area contributed by atoms with E-state index in [1.165, 1.54) is 10.8 Å². The Labute approximate surface area is 120 Å². The maximum Gasteiger partial charge on any atom is 0.124 e. The lowest BCUT2D eigenvalue weighted by Crippen LogP contribution is -2.25. The average molecular weight is 273 g/mol. The van der Waals surface area contributed by atoms with Gasteiger partial charge < -0.3 is 15.2 Å². The number of hydrogen-bond acceptors (Lipinski definition) is 3. The Bertz CT molecular complexity index is 578. The molecular weight excluding hydrogens is 250 g/mol. The zero-order chi connectivity index (χ0) is 14.6. The van der Waals surface area contributed by atoms with Crippen LogP contribution >= 0.6 is 0 Å². The molecule has 0 unspecified atom stereocenters. The van der Waals surface area contributed by atoms with Crippen LogP contribution in [0, 0.1) is 0 Å². The molecule has 0 aromatic heterocycles. The molecule has 0 amide bonds. The third kappa shape index (κ3) is 3.30. The van der Waals surface area contributed by atoms with Crippen molar-refractivity contribution in [3.05, 3.63) is 42.0 Å². The third-order valence-electron chi connectivity index (χ3n) is 3.72. The summed E-state index contributed by atoms with van der Waals surface area (Å²) in [5.74, 6) is 0.873. The molecule has 0 saturated carbocycles. The van der Waals surface area contributed by atoms with Crippen LogP contribution in [0.1, 0.15) is 25.8 Å². The first-order valence-corrected chi connectivity index (χ1v) is 6.96. The van der Waals surface area contributed by atoms with Gasteiger partial charge in [-0.05, 0) is 30.7 Å². The second kappa shape index (κ2) is 6.25. The minimum absolute atomic E-state index is 0.167. The number of ether oxygens (including phenoxy) is 2. The Morgan fingerprint density at radius 1 is 1.10 bits per heavy atom. The van der Waals surface area contributed by atoms with Crippen LogP contribution in [0.15, 0.2) is 36.4 Å². The Morgan fingerprint density at radius 2 is 1.85 bits per heavy atom. The molecule has 0 bridgehead atoms. The van der Waals surface area contributed by atoms with E-state index in [9.17, 15) is 0 Å². The molecule has 2 aromatic carbocycles. The molecule has 0 aliphatic rings. The number of rotatable bonds is 6. The van der Waals surface area contributed by atoms with Crippen molar-refractivity contribution in [3.8, 4) is 5.75 Å². The molecule has 0 atom stereocenters. The van der Waals surface area contributed by atoms with Crippen LogP contribution < -0.4 is 10.5 Å². The van der Waals surface area contributed by atoms with Gasteiger partial charge in [0.25, 0.3) is 0 Å². The van der Waals surface area contributed by atoms with E-state index in [1.807, 2.05) is 18.2 Å². The molecule has 2 aromatic rings. The summed E-state index contributed by atoms with van der Waals surface area (Å²) >= 11 is 0. The molecule has 108 valence electrons. The van der Waals surface area contributed by atoms with Gasteiger partial charge in [-0.15, -0.1) is 0 Å². The number of methoxy groups -OCH3 is 1. The largest absolute Gasteiger partial charge is 0.493 e. The molecule has 2 rings (SSSR count). The predicted octanol–water partition coefficient (Wildman–Crippen LogP) is 3.49. The molecule has 0 aliphatic heterocycles. The summed E-state index contributed by atoms with van der Waals surface area (Å²) in [6.45, 7) is 5.21. The van der Waals surface area contributed by atoms with Gasteiger partial charge in [-0.25, -0.2) is 0 Å². The Morgan fingerprint density at radius 3 is 2.55 bits per heavy atom. The Hall–Kier alpha value is -1.58. The van der Waals surface area contributed by atoms with Gasteiger partial charge in [0.2, 0.25) is 0 Å². The first kappa shape index (κ1) is 14.8. The van der Waals surface area contributed by atoms with Crippen molar-refractivity contribution >= 4 is 10.8 Å². The van der Waals surface area contributed by atoms with Crippen LogP contribution in [-0.2, 0) is 11.3 Å². The van der Waals surface area contributed by atoms with Crippen molar-refractivity contribution < 1.29 is 9.47 Å². The summed E-state index contributed by atoms with van der Waals surface area (Å²) in [6.07, 6.45) is 0.834. The van der Waals surface area contributed by atoms with Gasteiger partial charge in [0.05, 0.1) is 12.2 Å². The van der Waals surface area contributed by atoms with Gasteiger partial charge in [-0.1, -0.05) is 30.3 Å². The van der Waals surface area contributed by atoms with Crippen LogP contribution in [0.5, 0.6) is 5.75 Å². The smallest absolute Gasteiger partial charge is 0.124 e. The maximum atomic E-state index is 5.91. The topological polar surface area (TPSA) is 44.5 Å². The first-order valence-electron chi connectivity index (χ1n) is 6.96. The molecule has 0 radical (unpaired) electrons. The highest BCUT2D eigenvalue weighted by Crippen LogP contribution is 2.28. The van der Waals surface area contributed by atoms with Crippen LogP contribution in [0.2, 0.25) is 0 Å². The number of benzene rings is 2. The molecule has 0 spiro atoms. The van der Waals surface area contributed by atoms with Crippen molar-refractivity contribution in [1.29, 1.82) is 0 Å². The highest BCUT2D eigenvalue weighted by Gasteiger charge is 2.16. The second-order valence-electron chi connectivity index (χ2n) is 5.53. The lowest BCUT2D eigenvalue weighted by atomic mass is 10.0. The summed E-state index contributed by atoms with van der Waals surface area (Å²) in [4.78, 5) is 0. The molecule has 2 N–H and O–H groups in total. The van der Waals surface area contributed by atoms with Gasteiger partial charge >= 0.3 is 0 Å². The number of hydrogen-bond donors (Lipinski definition) is 1. The van der Waals surface area contributed by atoms with Gasteiger partial charge in [0, 0.05) is 25.6 Å². The van der Waals surface area contributed by atoms with E-state index in [1.54, 1.807) is 7.11 Å². The minimum Gasteiger partial charge on any atom is -0.493 e. The summed E-state index contributed by atoms with van der Waals surface area (Å²) in [5.41, 5.74) is 6.80. The van der Waals surface area contributed by atoms with Gasteiger partial charge in [-0.3, -0.25) is 0 Å². The summed E-state index contributed by atoms with van der Waals surface area (Å²) in [5, 5.41) is 2.36. The third-order valence-corrected chi connectivity index (χ3v) is 3.72. The van der Waals surface area contributed by atoms with Crippen LogP contribution in [0.3, 0.4) is 0 Å². The average Bonchev–Trinajstić information content (AvgIpc) is 2.46. The molecule has 0 heterocycles. The number of nitrogens with two attached hydrogens (primary N) is 1. The van der Waals surface area contributed by atoms with Gasteiger partial charge in [0.15, 0.2) is 0 Å². The molecule has 3 nitrogen and oxygen atoms in total. The molecule has 0 saturated heterocycles. The molecule has 20 heavy (non-hydrogen) atoms. The lowest BCUT2D eigenvalue weighted by molar-refractivity contribution is 0.00539. The SMILES string of the molecule is COC(C)(C)CCOc1ccc2ccccc2c1CN. The van der Waals surface area contributed by atoms with Gasteiger partial charge in [-0.2, -0.15) is 0 Å². The number of fused-ring (bicyclic) bond motifs is 1. The quantitative estimate of drug-likeness (QED) is 0.876. The van der Waals surface area contributed by atoms with Crippen LogP contribution in [-0.4, -0.2) is 19.3 Å². The van der Waals surface area contributed by atoms with Crippen molar-refractivity contribution in [2.75, 3.05) is 13.7 Å². The standard InChI is InChI=1S/C17H23NO2/c1-17(2,19-3)10-11-20-16-9-8-13-6-4-5-7-14(13)15(16)12-18/h4-9H,10-12,18H2,1-3H3. The summed E-state index contributed by atoms with van der Waals surface area (Å²) < 4.78 is 11.3. The Kier molecular flexibility index (Phi) is 4.63. The zero-order valence-electron chi connectivity index (χ0n) is 12.5. The normalized spacial score (nSPS) is 11.8.